The van der Waals surface area contributed by atoms with E-state index in [1.165, 1.54) is 0 Å². The Bertz CT molecular complexity index is 244. The first-order chi connectivity index (χ1) is 5.00. The minimum Gasteiger partial charge on any atom is -0.300 e. The van der Waals surface area contributed by atoms with Gasteiger partial charge in [-0.05, 0) is 23.6 Å². The molecule has 0 unspecified atom stereocenters. The van der Waals surface area contributed by atoms with Crippen LogP contribution in [-0.4, -0.2) is 5.71 Å². The molecule has 0 saturated carbocycles. The number of nitrogens with one attached hydrogen (secondary N) is 1. The molecule has 0 rings (SSSR count). The van der Waals surface area contributed by atoms with Gasteiger partial charge in [-0.15, -0.1) is 0 Å². The molecule has 58 valence electrons. The van der Waals surface area contributed by atoms with Crippen molar-refractivity contribution in [3.8, 4) is 0 Å². The Balaban J connectivity index is 4.51. The molecule has 0 amide bonds. The summed E-state index contributed by atoms with van der Waals surface area (Å²) in [4.78, 5) is 0. The van der Waals surface area contributed by atoms with Crippen LogP contribution in [0.1, 0.15) is 6.92 Å². The van der Waals surface area contributed by atoms with E-state index in [1.54, 1.807) is 13.0 Å². The van der Waals surface area contributed by atoms with Gasteiger partial charge >= 0.3 is 0 Å². The number of allylic oxidation sites excluding steroid dienone is 4. The van der Waals surface area contributed by atoms with Crippen LogP contribution in [0.5, 0.6) is 0 Å². The van der Waals surface area contributed by atoms with Gasteiger partial charge in [0.25, 0.3) is 0 Å². The first kappa shape index (κ1) is 9.63. The van der Waals surface area contributed by atoms with Crippen LogP contribution in [0.15, 0.2) is 49.1 Å². The van der Waals surface area contributed by atoms with Gasteiger partial charge in [0.15, 0.2) is 0 Å². The third-order valence-corrected chi connectivity index (χ3v) is 1.36. The van der Waals surface area contributed by atoms with Gasteiger partial charge in [-0.2, -0.15) is 0 Å². The predicted octanol–water partition coefficient (Wildman–Crippen LogP) is 2.88. The van der Waals surface area contributed by atoms with Crippen LogP contribution >= 0.6 is 0 Å². The summed E-state index contributed by atoms with van der Waals surface area (Å²) in [6.07, 6.45) is 1.58. The van der Waals surface area contributed by atoms with Crippen molar-refractivity contribution in [1.29, 1.82) is 5.41 Å². The molecule has 0 aromatic heterocycles. The molecule has 1 nitrogen and oxygen atoms in total. The third-order valence-electron chi connectivity index (χ3n) is 1.36. The average Bonchev–Trinajstić information content (AvgIpc) is 2.00. The molecule has 0 aliphatic heterocycles. The largest absolute Gasteiger partial charge is 0.300 e. The van der Waals surface area contributed by atoms with Crippen molar-refractivity contribution >= 4 is 5.71 Å². The van der Waals surface area contributed by atoms with Gasteiger partial charge in [-0.25, -0.2) is 0 Å². The predicted molar refractivity (Wildman–Crippen MR) is 51.0 cm³/mol. The Kier molecular flexibility index (Phi) is 3.25. The van der Waals surface area contributed by atoms with Crippen LogP contribution in [0.3, 0.4) is 0 Å². The van der Waals surface area contributed by atoms with E-state index in [4.69, 9.17) is 5.41 Å². The maximum Gasteiger partial charge on any atom is 0.0635 e. The summed E-state index contributed by atoms with van der Waals surface area (Å²) < 4.78 is 0. The maximum absolute atomic E-state index is 7.48. The molecule has 11 heavy (non-hydrogen) atoms. The monoisotopic (exact) mass is 147 g/mol. The van der Waals surface area contributed by atoms with E-state index in [0.29, 0.717) is 22.4 Å². The van der Waals surface area contributed by atoms with Crippen molar-refractivity contribution in [1.82, 2.24) is 0 Å². The van der Waals surface area contributed by atoms with E-state index < -0.39 is 0 Å². The summed E-state index contributed by atoms with van der Waals surface area (Å²) in [5.41, 5.74) is 2.30. The molecule has 0 aliphatic carbocycles. The minimum absolute atomic E-state index is 0.343. The Labute approximate surface area is 68.0 Å². The van der Waals surface area contributed by atoms with Gasteiger partial charge in [-0.3, -0.25) is 0 Å². The van der Waals surface area contributed by atoms with Gasteiger partial charge in [0.2, 0.25) is 0 Å². The van der Waals surface area contributed by atoms with E-state index in [9.17, 15) is 0 Å². The van der Waals surface area contributed by atoms with Crippen molar-refractivity contribution in [2.75, 3.05) is 0 Å². The smallest absolute Gasteiger partial charge is 0.0635 e. The van der Waals surface area contributed by atoms with Gasteiger partial charge < -0.3 is 5.41 Å². The fourth-order valence-corrected chi connectivity index (χ4v) is 0.541. The summed E-state index contributed by atoms with van der Waals surface area (Å²) in [5, 5.41) is 7.48. The molecule has 0 fully saturated rings. The number of rotatable bonds is 4. The summed E-state index contributed by atoms with van der Waals surface area (Å²) in [6, 6.07) is 0. The highest BCUT2D eigenvalue weighted by atomic mass is 14.4. The molecule has 0 aliphatic rings. The zero-order valence-electron chi connectivity index (χ0n) is 6.91. The first-order valence-corrected chi connectivity index (χ1v) is 3.26. The van der Waals surface area contributed by atoms with Gasteiger partial charge in [0.1, 0.15) is 0 Å². The van der Waals surface area contributed by atoms with Crippen LogP contribution in [-0.2, 0) is 0 Å². The molecule has 1 heteroatoms. The van der Waals surface area contributed by atoms with E-state index in [2.05, 4.69) is 26.3 Å². The lowest BCUT2D eigenvalue weighted by Crippen LogP contribution is -2.01. The Hall–Kier alpha value is -1.37. The fraction of sp³-hybridized carbons (Fsp3) is 0.100. The quantitative estimate of drug-likeness (QED) is 0.467. The third kappa shape index (κ3) is 2.38. The summed E-state index contributed by atoms with van der Waals surface area (Å²) in [7, 11) is 0. The molecule has 0 bridgehead atoms. The zero-order chi connectivity index (χ0) is 9.02. The van der Waals surface area contributed by atoms with E-state index >= 15 is 0 Å². The lowest BCUT2D eigenvalue weighted by atomic mass is 10.0. The van der Waals surface area contributed by atoms with Crippen LogP contribution in [0.4, 0.5) is 0 Å². The molecule has 0 radical (unpaired) electrons. The summed E-state index contributed by atoms with van der Waals surface area (Å²) in [6.45, 7) is 16.3. The number of hydrogen-bond donors (Lipinski definition) is 1. The van der Waals surface area contributed by atoms with Crippen LogP contribution in [0.25, 0.3) is 0 Å². The van der Waals surface area contributed by atoms with Crippen molar-refractivity contribution in [3.63, 3.8) is 0 Å². The van der Waals surface area contributed by atoms with Gasteiger partial charge in [0.05, 0.1) is 5.71 Å². The normalized spacial score (nSPS) is 8.45. The van der Waals surface area contributed by atoms with Gasteiger partial charge in [-0.1, -0.05) is 32.4 Å². The Morgan fingerprint density at radius 1 is 1.27 bits per heavy atom. The molecule has 0 atom stereocenters. The second-order valence-corrected chi connectivity index (χ2v) is 2.36. The fourth-order valence-electron chi connectivity index (χ4n) is 0.541. The second kappa shape index (κ2) is 3.71. The summed E-state index contributed by atoms with van der Waals surface area (Å²) in [5.74, 6) is 0. The lowest BCUT2D eigenvalue weighted by Gasteiger charge is -2.05. The second-order valence-electron chi connectivity index (χ2n) is 2.36. The molecule has 0 heterocycles. The van der Waals surface area contributed by atoms with E-state index in [1.807, 2.05) is 0 Å². The molecule has 1 N–H and O–H groups in total. The Morgan fingerprint density at radius 2 is 1.73 bits per heavy atom. The van der Waals surface area contributed by atoms with E-state index in [0.717, 1.165) is 0 Å². The molecule has 0 saturated heterocycles. The van der Waals surface area contributed by atoms with Crippen molar-refractivity contribution in [2.24, 2.45) is 0 Å². The first-order valence-electron chi connectivity index (χ1n) is 3.26. The number of hydrogen-bond acceptors (Lipinski definition) is 1. The van der Waals surface area contributed by atoms with Crippen molar-refractivity contribution < 1.29 is 0 Å². The Morgan fingerprint density at radius 3 is 2.00 bits per heavy atom. The molecule has 0 aromatic carbocycles. The van der Waals surface area contributed by atoms with E-state index in [-0.39, 0.29) is 0 Å². The lowest BCUT2D eigenvalue weighted by molar-refractivity contribution is 1.43. The topological polar surface area (TPSA) is 23.9 Å². The van der Waals surface area contributed by atoms with Crippen LogP contribution < -0.4 is 0 Å². The highest BCUT2D eigenvalue weighted by molar-refractivity contribution is 6.12. The molecular formula is C10H13N. The standard InChI is InChI=1S/C10H13N/c1-6-8(4)9(5)10(11)7(2)3/h6,11H,1-2,4-5H2,3H3. The molecular weight excluding hydrogens is 134 g/mol. The summed E-state index contributed by atoms with van der Waals surface area (Å²) >= 11 is 0. The van der Waals surface area contributed by atoms with Crippen molar-refractivity contribution in [3.05, 3.63) is 49.1 Å². The average molecular weight is 147 g/mol. The zero-order valence-corrected chi connectivity index (χ0v) is 6.91. The maximum atomic E-state index is 7.48. The minimum atomic E-state index is 0.343. The van der Waals surface area contributed by atoms with Crippen molar-refractivity contribution in [2.45, 2.75) is 6.92 Å². The highest BCUT2D eigenvalue weighted by Gasteiger charge is 2.03. The highest BCUT2D eigenvalue weighted by Crippen LogP contribution is 2.11. The van der Waals surface area contributed by atoms with Crippen LogP contribution in [0, 0.1) is 5.41 Å². The van der Waals surface area contributed by atoms with Crippen LogP contribution in [0.2, 0.25) is 0 Å². The van der Waals surface area contributed by atoms with Gasteiger partial charge in [0, 0.05) is 0 Å². The molecule has 0 spiro atoms. The SMILES string of the molecule is C=CC(=C)C(=C)C(=N)C(=C)C. The molecule has 0 aromatic rings.